The van der Waals surface area contributed by atoms with Crippen molar-refractivity contribution in [1.29, 1.82) is 0 Å². The average molecular weight is 221 g/mol. The standard InChI is InChI=1S/C13H19NO2/c1-4-14(2)12(13(15)16-3)10-11-8-6-5-7-9-11/h5-9,12H,4,10H2,1-3H3. The molecule has 0 spiro atoms. The van der Waals surface area contributed by atoms with Gasteiger partial charge in [0.05, 0.1) is 7.11 Å². The van der Waals surface area contributed by atoms with Gasteiger partial charge in [0.1, 0.15) is 6.04 Å². The summed E-state index contributed by atoms with van der Waals surface area (Å²) in [5.41, 5.74) is 1.15. The lowest BCUT2D eigenvalue weighted by atomic mass is 10.1. The predicted molar refractivity (Wildman–Crippen MR) is 64.3 cm³/mol. The van der Waals surface area contributed by atoms with Gasteiger partial charge in [-0.3, -0.25) is 9.69 Å². The van der Waals surface area contributed by atoms with E-state index in [9.17, 15) is 4.79 Å². The number of hydrogen-bond acceptors (Lipinski definition) is 3. The Bertz CT molecular complexity index is 324. The van der Waals surface area contributed by atoms with E-state index in [0.717, 1.165) is 12.1 Å². The predicted octanol–water partition coefficient (Wildman–Crippen LogP) is 1.72. The summed E-state index contributed by atoms with van der Waals surface area (Å²) >= 11 is 0. The average Bonchev–Trinajstić information content (AvgIpc) is 2.35. The van der Waals surface area contributed by atoms with Crippen LogP contribution in [0.1, 0.15) is 12.5 Å². The molecule has 0 aliphatic carbocycles. The maximum Gasteiger partial charge on any atom is 0.323 e. The molecule has 3 heteroatoms. The zero-order chi connectivity index (χ0) is 12.0. The molecule has 16 heavy (non-hydrogen) atoms. The van der Waals surface area contributed by atoms with E-state index in [1.54, 1.807) is 0 Å². The highest BCUT2D eigenvalue weighted by molar-refractivity contribution is 5.76. The number of carbonyl (C=O) groups excluding carboxylic acids is 1. The molecule has 1 aromatic rings. The first-order valence-electron chi connectivity index (χ1n) is 5.51. The molecule has 0 aliphatic rings. The number of methoxy groups -OCH3 is 1. The monoisotopic (exact) mass is 221 g/mol. The third kappa shape index (κ3) is 3.35. The molecule has 3 nitrogen and oxygen atoms in total. The van der Waals surface area contributed by atoms with Crippen LogP contribution in [-0.2, 0) is 16.0 Å². The van der Waals surface area contributed by atoms with Gasteiger partial charge in [0.2, 0.25) is 0 Å². The molecule has 0 saturated carbocycles. The quantitative estimate of drug-likeness (QED) is 0.709. The van der Waals surface area contributed by atoms with Crippen LogP contribution in [0, 0.1) is 0 Å². The Morgan fingerprint density at radius 2 is 2.00 bits per heavy atom. The molecule has 1 rings (SSSR count). The molecule has 0 fully saturated rings. The second-order valence-corrected chi connectivity index (χ2v) is 3.80. The van der Waals surface area contributed by atoms with E-state index in [4.69, 9.17) is 4.74 Å². The minimum atomic E-state index is -0.197. The fourth-order valence-electron chi connectivity index (χ4n) is 1.61. The molecular weight excluding hydrogens is 202 g/mol. The molecule has 0 N–H and O–H groups in total. The van der Waals surface area contributed by atoms with E-state index >= 15 is 0 Å². The maximum atomic E-state index is 11.7. The Labute approximate surface area is 97.0 Å². The highest BCUT2D eigenvalue weighted by atomic mass is 16.5. The molecule has 0 bridgehead atoms. The minimum absolute atomic E-state index is 0.173. The van der Waals surface area contributed by atoms with Gasteiger partial charge in [-0.15, -0.1) is 0 Å². The van der Waals surface area contributed by atoms with Crippen molar-refractivity contribution in [1.82, 2.24) is 4.90 Å². The minimum Gasteiger partial charge on any atom is -0.468 e. The van der Waals surface area contributed by atoms with E-state index in [-0.39, 0.29) is 12.0 Å². The first-order valence-corrected chi connectivity index (χ1v) is 5.51. The van der Waals surface area contributed by atoms with Crippen LogP contribution in [0.15, 0.2) is 30.3 Å². The van der Waals surface area contributed by atoms with Gasteiger partial charge in [0, 0.05) is 0 Å². The second-order valence-electron chi connectivity index (χ2n) is 3.80. The number of esters is 1. The molecule has 0 aliphatic heterocycles. The number of benzene rings is 1. The van der Waals surface area contributed by atoms with E-state index in [2.05, 4.69) is 0 Å². The van der Waals surface area contributed by atoms with Crippen LogP contribution in [0.4, 0.5) is 0 Å². The van der Waals surface area contributed by atoms with Crippen LogP contribution in [0.5, 0.6) is 0 Å². The van der Waals surface area contributed by atoms with Gasteiger partial charge in [-0.2, -0.15) is 0 Å². The molecule has 1 unspecified atom stereocenters. The fourth-order valence-corrected chi connectivity index (χ4v) is 1.61. The van der Waals surface area contributed by atoms with Gasteiger partial charge < -0.3 is 4.74 Å². The summed E-state index contributed by atoms with van der Waals surface area (Å²) in [6.45, 7) is 2.85. The Morgan fingerprint density at radius 1 is 1.38 bits per heavy atom. The van der Waals surface area contributed by atoms with Crippen LogP contribution in [0.3, 0.4) is 0 Å². The summed E-state index contributed by atoms with van der Waals surface area (Å²) in [5.74, 6) is -0.173. The van der Waals surface area contributed by atoms with Crippen LogP contribution in [0.25, 0.3) is 0 Å². The normalized spacial score (nSPS) is 12.5. The summed E-state index contributed by atoms with van der Waals surface area (Å²) in [6.07, 6.45) is 0.692. The first kappa shape index (κ1) is 12.7. The Balaban J connectivity index is 2.75. The third-order valence-electron chi connectivity index (χ3n) is 2.78. The van der Waals surface area contributed by atoms with Gasteiger partial charge in [-0.05, 0) is 25.6 Å². The molecule has 0 saturated heterocycles. The molecule has 0 aromatic heterocycles. The number of ether oxygens (including phenoxy) is 1. The summed E-state index contributed by atoms with van der Waals surface area (Å²) in [5, 5.41) is 0. The lowest BCUT2D eigenvalue weighted by molar-refractivity contribution is -0.146. The van der Waals surface area contributed by atoms with Gasteiger partial charge >= 0.3 is 5.97 Å². The lowest BCUT2D eigenvalue weighted by Crippen LogP contribution is -2.40. The van der Waals surface area contributed by atoms with E-state index in [1.807, 2.05) is 49.2 Å². The Morgan fingerprint density at radius 3 is 2.50 bits per heavy atom. The third-order valence-corrected chi connectivity index (χ3v) is 2.78. The first-order chi connectivity index (χ1) is 7.69. The smallest absolute Gasteiger partial charge is 0.323 e. The number of rotatable bonds is 5. The van der Waals surface area contributed by atoms with E-state index < -0.39 is 0 Å². The summed E-state index contributed by atoms with van der Waals surface area (Å²) in [7, 11) is 3.37. The molecule has 0 radical (unpaired) electrons. The van der Waals surface area contributed by atoms with Crippen molar-refractivity contribution in [2.75, 3.05) is 20.7 Å². The number of carbonyl (C=O) groups is 1. The van der Waals surface area contributed by atoms with Crippen molar-refractivity contribution in [3.63, 3.8) is 0 Å². The largest absolute Gasteiger partial charge is 0.468 e. The van der Waals surface area contributed by atoms with Crippen molar-refractivity contribution < 1.29 is 9.53 Å². The van der Waals surface area contributed by atoms with Gasteiger partial charge in [0.15, 0.2) is 0 Å². The van der Waals surface area contributed by atoms with Crippen molar-refractivity contribution in [2.45, 2.75) is 19.4 Å². The Kier molecular flexibility index (Phi) is 4.99. The summed E-state index contributed by atoms with van der Waals surface area (Å²) in [6, 6.07) is 9.79. The van der Waals surface area contributed by atoms with Crippen molar-refractivity contribution >= 4 is 5.97 Å². The second kappa shape index (κ2) is 6.28. The Hall–Kier alpha value is -1.35. The van der Waals surface area contributed by atoms with E-state index in [1.165, 1.54) is 7.11 Å². The van der Waals surface area contributed by atoms with Crippen molar-refractivity contribution in [2.24, 2.45) is 0 Å². The zero-order valence-electron chi connectivity index (χ0n) is 10.1. The zero-order valence-corrected chi connectivity index (χ0v) is 10.1. The lowest BCUT2D eigenvalue weighted by Gasteiger charge is -2.24. The molecular formula is C13H19NO2. The van der Waals surface area contributed by atoms with Crippen LogP contribution in [0.2, 0.25) is 0 Å². The summed E-state index contributed by atoms with van der Waals surface area (Å²) < 4.78 is 4.83. The van der Waals surface area contributed by atoms with E-state index in [0.29, 0.717) is 6.42 Å². The topological polar surface area (TPSA) is 29.5 Å². The van der Waals surface area contributed by atoms with Crippen LogP contribution >= 0.6 is 0 Å². The molecule has 0 amide bonds. The van der Waals surface area contributed by atoms with Crippen molar-refractivity contribution in [3.8, 4) is 0 Å². The molecule has 88 valence electrons. The van der Waals surface area contributed by atoms with Crippen LogP contribution < -0.4 is 0 Å². The SMILES string of the molecule is CCN(C)C(Cc1ccccc1)C(=O)OC. The van der Waals surface area contributed by atoms with Gasteiger partial charge in [-0.25, -0.2) is 0 Å². The highest BCUT2D eigenvalue weighted by Crippen LogP contribution is 2.09. The van der Waals surface area contributed by atoms with Gasteiger partial charge in [-0.1, -0.05) is 37.3 Å². The van der Waals surface area contributed by atoms with Crippen LogP contribution in [-0.4, -0.2) is 37.6 Å². The van der Waals surface area contributed by atoms with Gasteiger partial charge in [0.25, 0.3) is 0 Å². The summed E-state index contributed by atoms with van der Waals surface area (Å²) in [4.78, 5) is 13.7. The molecule has 1 aromatic carbocycles. The maximum absolute atomic E-state index is 11.7. The number of hydrogen-bond donors (Lipinski definition) is 0. The molecule has 1 atom stereocenters. The number of likely N-dealkylation sites (N-methyl/N-ethyl adjacent to an activating group) is 1. The highest BCUT2D eigenvalue weighted by Gasteiger charge is 2.22. The fraction of sp³-hybridized carbons (Fsp3) is 0.462. The van der Waals surface area contributed by atoms with Crippen molar-refractivity contribution in [3.05, 3.63) is 35.9 Å². The molecule has 0 heterocycles. The number of nitrogens with zero attached hydrogens (tertiary/aromatic N) is 1.